The molecule has 22 aromatic rings. The molecule has 0 aliphatic carbocycles. The second kappa shape index (κ2) is 27.7. The quantitative estimate of drug-likeness (QED) is 0.121. The lowest BCUT2D eigenvalue weighted by atomic mass is 10.0. The smallest absolute Gasteiger partial charge is 0.0547 e. The van der Waals surface area contributed by atoms with Gasteiger partial charge in [0.05, 0.1) is 22.1 Å². The number of rotatable bonds is 12. The highest BCUT2D eigenvalue weighted by molar-refractivity contribution is 6.18. The minimum absolute atomic E-state index is 1.09. The number of fused-ring (bicyclic) bond motifs is 12. The van der Waals surface area contributed by atoms with Crippen LogP contribution >= 0.6 is 0 Å². The average molecular weight is 1430 g/mol. The van der Waals surface area contributed by atoms with Gasteiger partial charge in [0.2, 0.25) is 0 Å². The van der Waals surface area contributed by atoms with E-state index in [2.05, 4.69) is 456 Å². The molecule has 0 radical (unpaired) electrons. The molecule has 0 spiro atoms. The number of nitrogens with zero attached hydrogens (tertiary/aromatic N) is 4. The zero-order valence-electron chi connectivity index (χ0n) is 61.4. The van der Waals surface area contributed by atoms with Crippen LogP contribution < -0.4 is 9.80 Å². The SMILES string of the molecule is c1ccc(-c2ccc(N(c3ccc(-c4ccc5ccccc5c4)cc3)c3cccc(-n4c5cc6ccccc6cc5c5cc6ccccc6cc54)c3)cc2)cc1.c1ccc(N(c2ccc(-c3cccc(-n4c5cc6ccccc6cc5c5cc6ccccc6cc54)c3)cc2)c2ccc(-c3ccc4ccccc4c3)cc2)cc1. The molecule has 4 nitrogen and oxygen atoms in total. The molecule has 2 heterocycles. The molecule has 112 heavy (non-hydrogen) atoms. The average Bonchev–Trinajstić information content (AvgIpc) is 1.55. The molecular formula is C108H72N4. The molecule has 0 saturated heterocycles. The van der Waals surface area contributed by atoms with Crippen molar-refractivity contribution in [3.63, 3.8) is 0 Å². The number of hydrogen-bond acceptors (Lipinski definition) is 2. The third kappa shape index (κ3) is 12.0. The molecule has 524 valence electrons. The van der Waals surface area contributed by atoms with Crippen molar-refractivity contribution in [2.24, 2.45) is 0 Å². The van der Waals surface area contributed by atoms with Crippen molar-refractivity contribution in [1.82, 2.24) is 9.13 Å². The Labute approximate surface area is 649 Å². The molecular weight excluding hydrogens is 1350 g/mol. The second-order valence-electron chi connectivity index (χ2n) is 29.3. The maximum absolute atomic E-state index is 2.45. The van der Waals surface area contributed by atoms with Crippen molar-refractivity contribution in [1.29, 1.82) is 0 Å². The molecule has 2 aromatic heterocycles. The van der Waals surface area contributed by atoms with E-state index in [0.717, 1.165) is 45.5 Å². The highest BCUT2D eigenvalue weighted by Crippen LogP contribution is 2.45. The van der Waals surface area contributed by atoms with Crippen LogP contribution in [0.2, 0.25) is 0 Å². The Hall–Kier alpha value is -14.8. The third-order valence-corrected chi connectivity index (χ3v) is 22.6. The molecule has 0 bridgehead atoms. The largest absolute Gasteiger partial charge is 0.311 e. The molecule has 4 heteroatoms. The molecule has 0 fully saturated rings. The molecule has 0 N–H and O–H groups in total. The summed E-state index contributed by atoms with van der Waals surface area (Å²) in [5.74, 6) is 0. The Morgan fingerprint density at radius 1 is 0.134 bits per heavy atom. The zero-order chi connectivity index (χ0) is 74.0. The first-order valence-electron chi connectivity index (χ1n) is 38.5. The van der Waals surface area contributed by atoms with Crippen LogP contribution in [0.15, 0.2) is 437 Å². The van der Waals surface area contributed by atoms with Crippen molar-refractivity contribution >= 4 is 142 Å². The second-order valence-corrected chi connectivity index (χ2v) is 29.3. The molecule has 0 unspecified atom stereocenters. The minimum atomic E-state index is 1.09. The molecule has 20 aromatic carbocycles. The maximum atomic E-state index is 2.45. The first kappa shape index (κ1) is 65.5. The minimum Gasteiger partial charge on any atom is -0.311 e. The summed E-state index contributed by atoms with van der Waals surface area (Å²) in [5.41, 5.74) is 23.3. The Morgan fingerprint density at radius 3 is 0.732 bits per heavy atom. The van der Waals surface area contributed by atoms with Crippen molar-refractivity contribution < 1.29 is 0 Å². The van der Waals surface area contributed by atoms with E-state index in [1.54, 1.807) is 0 Å². The van der Waals surface area contributed by atoms with Gasteiger partial charge in [-0.25, -0.2) is 0 Å². The van der Waals surface area contributed by atoms with E-state index in [-0.39, 0.29) is 0 Å². The Bertz CT molecular complexity index is 7160. The third-order valence-electron chi connectivity index (χ3n) is 22.6. The summed E-state index contributed by atoms with van der Waals surface area (Å²) in [6, 6.07) is 159. The lowest BCUT2D eigenvalue weighted by molar-refractivity contribution is 1.17. The van der Waals surface area contributed by atoms with E-state index >= 15 is 0 Å². The summed E-state index contributed by atoms with van der Waals surface area (Å²) in [6.07, 6.45) is 0. The summed E-state index contributed by atoms with van der Waals surface area (Å²) in [5, 5.41) is 20.0. The predicted molar refractivity (Wildman–Crippen MR) is 478 cm³/mol. The molecule has 0 aliphatic rings. The van der Waals surface area contributed by atoms with Gasteiger partial charge >= 0.3 is 0 Å². The number of anilines is 6. The van der Waals surface area contributed by atoms with Gasteiger partial charge in [0.1, 0.15) is 0 Å². The number of para-hydroxylation sites is 1. The highest BCUT2D eigenvalue weighted by Gasteiger charge is 2.21. The van der Waals surface area contributed by atoms with Crippen molar-refractivity contribution in [2.45, 2.75) is 0 Å². The molecule has 22 rings (SSSR count). The molecule has 0 aliphatic heterocycles. The van der Waals surface area contributed by atoms with Gasteiger partial charge in [0.15, 0.2) is 0 Å². The lowest BCUT2D eigenvalue weighted by Crippen LogP contribution is -2.10. The van der Waals surface area contributed by atoms with Crippen molar-refractivity contribution in [2.75, 3.05) is 9.80 Å². The van der Waals surface area contributed by atoms with E-state index < -0.39 is 0 Å². The van der Waals surface area contributed by atoms with E-state index in [1.165, 1.54) is 153 Å². The van der Waals surface area contributed by atoms with Crippen LogP contribution in [-0.4, -0.2) is 9.13 Å². The number of hydrogen-bond donors (Lipinski definition) is 0. The molecule has 0 amide bonds. The van der Waals surface area contributed by atoms with Crippen LogP contribution in [0.1, 0.15) is 0 Å². The predicted octanol–water partition coefficient (Wildman–Crippen LogP) is 30.1. The topological polar surface area (TPSA) is 16.3 Å². The van der Waals surface area contributed by atoms with Gasteiger partial charge in [-0.2, -0.15) is 0 Å². The first-order chi connectivity index (χ1) is 55.5. The van der Waals surface area contributed by atoms with Gasteiger partial charge in [-0.05, 0) is 261 Å². The molecule has 0 atom stereocenters. The van der Waals surface area contributed by atoms with Gasteiger partial charge in [0.25, 0.3) is 0 Å². The van der Waals surface area contributed by atoms with Crippen LogP contribution in [0.5, 0.6) is 0 Å². The monoisotopic (exact) mass is 1420 g/mol. The normalized spacial score (nSPS) is 11.6. The van der Waals surface area contributed by atoms with E-state index in [4.69, 9.17) is 0 Å². The fourth-order valence-corrected chi connectivity index (χ4v) is 17.0. The van der Waals surface area contributed by atoms with Crippen molar-refractivity contribution in [3.05, 3.63) is 437 Å². The van der Waals surface area contributed by atoms with Crippen LogP contribution in [0.3, 0.4) is 0 Å². The van der Waals surface area contributed by atoms with E-state index in [0.29, 0.717) is 0 Å². The standard InChI is InChI=1S/2C54H36N2/c1-2-18-47(19-3-1)55(49-29-25-39(26-30-49)46-22-21-37-11-4-5-12-40(37)31-46)48-27-23-38(24-28-48)41-17-10-20-50(32-41)56-53-35-44-15-8-6-13-42(44)33-51(53)52-34-43-14-7-9-16-45(43)36-54(52)56;1-2-11-37(12-3-1)39-23-27-47(28-24-39)55(48-29-25-40(26-30-48)46-22-21-38-13-4-5-14-41(38)31-46)49-19-10-20-50(36-49)56-53-34-44-17-8-6-15-42(44)32-51(53)52-33-43-16-7-9-18-45(43)35-54(52)56/h2*1-36H. The van der Waals surface area contributed by atoms with E-state index in [1.807, 2.05) is 0 Å². The van der Waals surface area contributed by atoms with Crippen LogP contribution in [-0.2, 0) is 0 Å². The number of benzene rings is 20. The van der Waals surface area contributed by atoms with Gasteiger partial charge in [-0.1, -0.05) is 285 Å². The summed E-state index contributed by atoms with van der Waals surface area (Å²) >= 11 is 0. The van der Waals surface area contributed by atoms with Gasteiger partial charge in [-0.15, -0.1) is 0 Å². The molecule has 0 saturated carbocycles. The van der Waals surface area contributed by atoms with Crippen LogP contribution in [0.25, 0.3) is 164 Å². The first-order valence-corrected chi connectivity index (χ1v) is 38.5. The fourth-order valence-electron chi connectivity index (χ4n) is 17.0. The lowest BCUT2D eigenvalue weighted by Gasteiger charge is -2.26. The summed E-state index contributed by atoms with van der Waals surface area (Å²) < 4.78 is 4.90. The van der Waals surface area contributed by atoms with Crippen LogP contribution in [0, 0.1) is 0 Å². The van der Waals surface area contributed by atoms with Gasteiger partial charge in [-0.3, -0.25) is 0 Å². The van der Waals surface area contributed by atoms with Crippen LogP contribution in [0.4, 0.5) is 34.1 Å². The number of aromatic nitrogens is 2. The highest BCUT2D eigenvalue weighted by atomic mass is 15.1. The van der Waals surface area contributed by atoms with Gasteiger partial charge < -0.3 is 18.9 Å². The Kier molecular flexibility index (Phi) is 16.2. The summed E-state index contributed by atoms with van der Waals surface area (Å²) in [6.45, 7) is 0. The summed E-state index contributed by atoms with van der Waals surface area (Å²) in [4.78, 5) is 4.71. The van der Waals surface area contributed by atoms with E-state index in [9.17, 15) is 0 Å². The Morgan fingerprint density at radius 2 is 0.366 bits per heavy atom. The summed E-state index contributed by atoms with van der Waals surface area (Å²) in [7, 11) is 0. The Balaban J connectivity index is 0.000000141. The van der Waals surface area contributed by atoms with Gasteiger partial charge in [0, 0.05) is 67.0 Å². The zero-order valence-corrected chi connectivity index (χ0v) is 61.4. The van der Waals surface area contributed by atoms with Crippen molar-refractivity contribution in [3.8, 4) is 55.9 Å². The fraction of sp³-hybridized carbons (Fsp3) is 0. The maximum Gasteiger partial charge on any atom is 0.0547 e.